The number of nitrogens with zero attached hydrogens (tertiary/aromatic N) is 2. The zero-order chi connectivity index (χ0) is 13.2. The standard InChI is InChI=1S/C12H10N2O4.Ru/c15-10(16)12(11(17)18)4-6-14-9(7-12)8-3-1-2-5-13-8;/h1-3,5-7H,4H2,(H,15,16)(H,17,18);/q;+2/p-2. The third-order valence-electron chi connectivity index (χ3n) is 2.68. The number of aliphatic imine (C=N–C) groups is 1. The molecule has 0 unspecified atom stereocenters. The van der Waals surface area contributed by atoms with Gasteiger partial charge in [0.1, 0.15) is 0 Å². The summed E-state index contributed by atoms with van der Waals surface area (Å²) in [5.74, 6) is -3.44. The summed E-state index contributed by atoms with van der Waals surface area (Å²) >= 11 is 0. The van der Waals surface area contributed by atoms with Gasteiger partial charge in [0.05, 0.1) is 28.7 Å². The van der Waals surface area contributed by atoms with Gasteiger partial charge in [-0.25, -0.2) is 0 Å². The average molecular weight is 345 g/mol. The second-order valence-electron chi connectivity index (χ2n) is 3.81. The number of hydrogen-bond acceptors (Lipinski definition) is 6. The number of rotatable bonds is 3. The molecule has 98 valence electrons. The minimum Gasteiger partial charge on any atom is -0.549 e. The van der Waals surface area contributed by atoms with Crippen LogP contribution in [0.5, 0.6) is 0 Å². The van der Waals surface area contributed by atoms with Gasteiger partial charge in [0, 0.05) is 18.8 Å². The Kier molecular flexibility index (Phi) is 4.67. The van der Waals surface area contributed by atoms with Gasteiger partial charge < -0.3 is 19.8 Å². The quantitative estimate of drug-likeness (QED) is 0.484. The Hall–Kier alpha value is -1.88. The molecule has 0 aromatic carbocycles. The summed E-state index contributed by atoms with van der Waals surface area (Å²) < 4.78 is 0. The molecular formula is C12H8N2O4Ru. The third kappa shape index (κ3) is 2.76. The van der Waals surface area contributed by atoms with Crippen LogP contribution in [0.4, 0.5) is 0 Å². The van der Waals surface area contributed by atoms with E-state index in [0.717, 1.165) is 6.08 Å². The van der Waals surface area contributed by atoms with E-state index in [2.05, 4.69) is 9.98 Å². The maximum absolute atomic E-state index is 11.0. The van der Waals surface area contributed by atoms with Crippen molar-refractivity contribution in [1.82, 2.24) is 4.98 Å². The first-order valence-electron chi connectivity index (χ1n) is 5.16. The van der Waals surface area contributed by atoms with Crippen molar-refractivity contribution in [2.45, 2.75) is 6.42 Å². The molecule has 0 fully saturated rings. The fourth-order valence-corrected chi connectivity index (χ4v) is 1.64. The predicted molar refractivity (Wildman–Crippen MR) is 57.8 cm³/mol. The van der Waals surface area contributed by atoms with E-state index >= 15 is 0 Å². The summed E-state index contributed by atoms with van der Waals surface area (Å²) in [5.41, 5.74) is -1.62. The molecule has 0 N–H and O–H groups in total. The number of aromatic nitrogens is 1. The van der Waals surface area contributed by atoms with Crippen molar-refractivity contribution in [2.75, 3.05) is 0 Å². The largest absolute Gasteiger partial charge is 2.00 e. The molecule has 2 rings (SSSR count). The van der Waals surface area contributed by atoms with E-state index in [1.807, 2.05) is 0 Å². The van der Waals surface area contributed by atoms with Crippen LogP contribution in [-0.2, 0) is 29.1 Å². The third-order valence-corrected chi connectivity index (χ3v) is 2.68. The van der Waals surface area contributed by atoms with Gasteiger partial charge in [-0.15, -0.1) is 0 Å². The van der Waals surface area contributed by atoms with E-state index in [1.54, 1.807) is 18.2 Å². The maximum Gasteiger partial charge on any atom is 2.00 e. The molecule has 0 aliphatic carbocycles. The molecular weight excluding hydrogens is 337 g/mol. The molecule has 19 heavy (non-hydrogen) atoms. The van der Waals surface area contributed by atoms with Crippen LogP contribution in [0.25, 0.3) is 5.70 Å². The van der Waals surface area contributed by atoms with Gasteiger partial charge in [0.25, 0.3) is 0 Å². The molecule has 1 aliphatic rings. The van der Waals surface area contributed by atoms with E-state index in [9.17, 15) is 19.8 Å². The van der Waals surface area contributed by atoms with Crippen LogP contribution in [0.3, 0.4) is 0 Å². The summed E-state index contributed by atoms with van der Waals surface area (Å²) in [6.45, 7) is 0. The first-order valence-corrected chi connectivity index (χ1v) is 5.16. The van der Waals surface area contributed by atoms with Crippen LogP contribution in [0, 0.1) is 5.41 Å². The van der Waals surface area contributed by atoms with Gasteiger partial charge in [0.2, 0.25) is 0 Å². The second-order valence-corrected chi connectivity index (χ2v) is 3.81. The monoisotopic (exact) mass is 346 g/mol. The Labute approximate surface area is 121 Å². The minimum absolute atomic E-state index is 0. The van der Waals surface area contributed by atoms with Crippen LogP contribution in [0.1, 0.15) is 12.1 Å². The van der Waals surface area contributed by atoms with Crippen molar-refractivity contribution in [3.8, 4) is 0 Å². The molecule has 1 aliphatic heterocycles. The number of carboxylic acid groups (broad SMARTS) is 2. The molecule has 2 heterocycles. The van der Waals surface area contributed by atoms with Gasteiger partial charge in [-0.1, -0.05) is 6.07 Å². The van der Waals surface area contributed by atoms with Crippen molar-refractivity contribution in [3.63, 3.8) is 0 Å². The smallest absolute Gasteiger partial charge is 0.549 e. The SMILES string of the molecule is O=C([O-])C1(C(=O)[O-])C=C(c2ccccn2)N=CC1.[Ru+2]. The Morgan fingerprint density at radius 3 is 2.42 bits per heavy atom. The molecule has 6 nitrogen and oxygen atoms in total. The number of aliphatic carboxylic acids is 2. The topological polar surface area (TPSA) is 106 Å². The summed E-state index contributed by atoms with van der Waals surface area (Å²) in [7, 11) is 0. The van der Waals surface area contributed by atoms with Crippen molar-refractivity contribution in [2.24, 2.45) is 10.4 Å². The minimum atomic E-state index is -2.19. The van der Waals surface area contributed by atoms with Crippen molar-refractivity contribution < 1.29 is 39.3 Å². The number of carbonyl (C=O) groups is 2. The van der Waals surface area contributed by atoms with E-state index in [-0.39, 0.29) is 31.6 Å². The second kappa shape index (κ2) is 5.84. The van der Waals surface area contributed by atoms with Gasteiger partial charge in [-0.3, -0.25) is 9.98 Å². The fraction of sp³-hybridized carbons (Fsp3) is 0.167. The molecule has 0 radical (unpaired) electrons. The number of carbonyl (C=O) groups excluding carboxylic acids is 2. The molecule has 0 amide bonds. The Morgan fingerprint density at radius 2 is 1.89 bits per heavy atom. The molecule has 0 bridgehead atoms. The van der Waals surface area contributed by atoms with E-state index in [1.165, 1.54) is 12.4 Å². The van der Waals surface area contributed by atoms with Crippen LogP contribution in [-0.4, -0.2) is 23.1 Å². The number of carboxylic acids is 2. The summed E-state index contributed by atoms with van der Waals surface area (Å²) in [4.78, 5) is 30.0. The summed E-state index contributed by atoms with van der Waals surface area (Å²) in [6.07, 6.45) is 3.43. The molecule has 7 heteroatoms. The zero-order valence-corrected chi connectivity index (χ0v) is 11.3. The zero-order valence-electron chi connectivity index (χ0n) is 9.55. The Balaban J connectivity index is 0.00000180. The normalized spacial score (nSPS) is 16.1. The van der Waals surface area contributed by atoms with Crippen LogP contribution in [0.15, 0.2) is 35.5 Å². The molecule has 0 saturated heterocycles. The summed E-state index contributed by atoms with van der Waals surface area (Å²) in [6, 6.07) is 4.97. The molecule has 0 spiro atoms. The van der Waals surface area contributed by atoms with E-state index in [0.29, 0.717) is 5.69 Å². The van der Waals surface area contributed by atoms with Gasteiger partial charge in [-0.2, -0.15) is 0 Å². The Bertz CT molecular complexity index is 540. The van der Waals surface area contributed by atoms with Crippen molar-refractivity contribution in [3.05, 3.63) is 36.2 Å². The number of pyridine rings is 1. The molecule has 0 atom stereocenters. The van der Waals surface area contributed by atoms with Crippen LogP contribution >= 0.6 is 0 Å². The predicted octanol–water partition coefficient (Wildman–Crippen LogP) is -1.62. The van der Waals surface area contributed by atoms with E-state index in [4.69, 9.17) is 0 Å². The first kappa shape index (κ1) is 15.2. The maximum atomic E-state index is 11.0. The average Bonchev–Trinajstić information content (AvgIpc) is 2.39. The Morgan fingerprint density at radius 1 is 1.21 bits per heavy atom. The first-order chi connectivity index (χ1) is 8.56. The molecule has 1 aromatic heterocycles. The van der Waals surface area contributed by atoms with Crippen molar-refractivity contribution >= 4 is 23.9 Å². The van der Waals surface area contributed by atoms with Gasteiger partial charge in [-0.05, 0) is 18.2 Å². The van der Waals surface area contributed by atoms with Gasteiger partial charge >= 0.3 is 19.5 Å². The summed E-state index contributed by atoms with van der Waals surface area (Å²) in [5, 5.41) is 22.1. The van der Waals surface area contributed by atoms with Crippen LogP contribution in [0.2, 0.25) is 0 Å². The molecule has 1 aromatic rings. The van der Waals surface area contributed by atoms with Crippen LogP contribution < -0.4 is 10.2 Å². The van der Waals surface area contributed by atoms with Crippen molar-refractivity contribution in [1.29, 1.82) is 0 Å². The number of hydrogen-bond donors (Lipinski definition) is 0. The van der Waals surface area contributed by atoms with E-state index < -0.39 is 17.4 Å². The van der Waals surface area contributed by atoms with Gasteiger partial charge in [0.15, 0.2) is 0 Å². The fourth-order valence-electron chi connectivity index (χ4n) is 1.64. The molecule has 0 saturated carbocycles.